The molecule has 2 aromatic rings. The van der Waals surface area contributed by atoms with Crippen molar-refractivity contribution in [3.8, 4) is 5.75 Å². The van der Waals surface area contributed by atoms with Crippen LogP contribution in [0.5, 0.6) is 5.75 Å². The highest BCUT2D eigenvalue weighted by atomic mass is 16.3. The van der Waals surface area contributed by atoms with Gasteiger partial charge in [0.2, 0.25) is 29.5 Å². The van der Waals surface area contributed by atoms with Gasteiger partial charge in [0.15, 0.2) is 41.0 Å². The predicted octanol–water partition coefficient (Wildman–Crippen LogP) is -0.0820. The van der Waals surface area contributed by atoms with Gasteiger partial charge < -0.3 is 76.6 Å². The van der Waals surface area contributed by atoms with E-state index in [1.807, 2.05) is 34.6 Å². The lowest BCUT2D eigenvalue weighted by Gasteiger charge is -2.27. The molecular weight excluding hydrogens is 1080 g/mol. The van der Waals surface area contributed by atoms with Crippen LogP contribution in [-0.2, 0) is 56.0 Å². The van der Waals surface area contributed by atoms with E-state index in [-0.39, 0.29) is 126 Å². The van der Waals surface area contributed by atoms with Crippen molar-refractivity contribution in [1.29, 1.82) is 0 Å². The summed E-state index contributed by atoms with van der Waals surface area (Å²) in [4.78, 5) is 144. The Morgan fingerprint density at radius 3 is 1.43 bits per heavy atom. The van der Waals surface area contributed by atoms with E-state index < -0.39 is 126 Å². The number of phenolic OH excluding ortho intramolecular Hbond substituents is 1. The molecule has 84 heavy (non-hydrogen) atoms. The Labute approximate surface area is 492 Å². The zero-order chi connectivity index (χ0) is 63.1. The molecule has 0 fully saturated rings. The van der Waals surface area contributed by atoms with E-state index in [0.717, 1.165) is 5.56 Å². The second kappa shape index (κ2) is 38.0. The number of benzene rings is 1. The fourth-order valence-electron chi connectivity index (χ4n) is 9.45. The largest absolute Gasteiger partial charge is 0.508 e. The molecule has 5 amide bonds. The number of aliphatic imine (C=N–C) groups is 3. The number of Topliss-reactive ketones (excluding diaryl/α,β-unsaturated/α-hetero) is 4. The number of aromatic amines is 1. The average molecular weight is 1180 g/mol. The number of aliphatic hydroxyl groups is 1. The van der Waals surface area contributed by atoms with E-state index in [1.165, 1.54) is 31.6 Å². The second-order valence-corrected chi connectivity index (χ2v) is 22.4. The Hall–Kier alpha value is -7.97. The summed E-state index contributed by atoms with van der Waals surface area (Å²) >= 11 is 0. The molecule has 0 saturated carbocycles. The van der Waals surface area contributed by atoms with Crippen LogP contribution in [0.25, 0.3) is 0 Å². The highest BCUT2D eigenvalue weighted by Gasteiger charge is 2.36. The molecule has 0 aliphatic carbocycles. The van der Waals surface area contributed by atoms with E-state index in [2.05, 4.69) is 46.2 Å². The summed E-state index contributed by atoms with van der Waals surface area (Å²) in [6, 6.07) is 1.57. The summed E-state index contributed by atoms with van der Waals surface area (Å²) < 4.78 is 0. The number of aliphatic hydroxyl groups excluding tert-OH is 1. The van der Waals surface area contributed by atoms with Crippen molar-refractivity contribution in [2.24, 2.45) is 96.5 Å². The Morgan fingerprint density at radius 1 is 0.536 bits per heavy atom. The van der Waals surface area contributed by atoms with Gasteiger partial charge in [-0.05, 0) is 93.7 Å². The number of carbonyl (C=O) groups excluding carboxylic acids is 9. The van der Waals surface area contributed by atoms with Gasteiger partial charge in [-0.15, -0.1) is 0 Å². The van der Waals surface area contributed by atoms with Gasteiger partial charge >= 0.3 is 0 Å². The first-order chi connectivity index (χ1) is 39.6. The molecule has 0 spiro atoms. The van der Waals surface area contributed by atoms with Gasteiger partial charge in [0.1, 0.15) is 11.8 Å². The van der Waals surface area contributed by atoms with Gasteiger partial charge in [0.25, 0.3) is 0 Å². The van der Waals surface area contributed by atoms with Crippen LogP contribution in [0.15, 0.2) is 51.8 Å². The number of phenols is 1. The molecule has 1 heterocycles. The number of aromatic hydroxyl groups is 1. The summed E-state index contributed by atoms with van der Waals surface area (Å²) in [6.45, 7) is 10.1. The van der Waals surface area contributed by atoms with Gasteiger partial charge in [-0.3, -0.25) is 58.1 Å². The number of hydrogen-bond acceptors (Lipinski definition) is 15. The molecule has 0 aliphatic rings. The molecule has 27 heteroatoms. The van der Waals surface area contributed by atoms with Gasteiger partial charge in [0.05, 0.1) is 37.0 Å². The van der Waals surface area contributed by atoms with Crippen LogP contribution in [0.2, 0.25) is 0 Å². The van der Waals surface area contributed by atoms with E-state index in [0.29, 0.717) is 18.5 Å². The fourth-order valence-corrected chi connectivity index (χ4v) is 9.45. The number of amides is 5. The minimum absolute atomic E-state index is 0.0159. The van der Waals surface area contributed by atoms with Crippen LogP contribution in [0.3, 0.4) is 0 Å². The molecule has 0 aliphatic heterocycles. The third-order valence-electron chi connectivity index (χ3n) is 14.1. The number of hydrogen-bond donors (Lipinski definition) is 14. The lowest BCUT2D eigenvalue weighted by molar-refractivity contribution is -0.136. The van der Waals surface area contributed by atoms with Crippen LogP contribution < -0.4 is 61.4 Å². The number of ketones is 4. The fraction of sp³-hybridized carbons (Fsp3) is 0.632. The van der Waals surface area contributed by atoms with Crippen LogP contribution in [-0.4, -0.2) is 141 Å². The molecule has 0 saturated heterocycles. The first kappa shape index (κ1) is 72.1. The number of aromatic nitrogens is 2. The average Bonchev–Trinajstić information content (AvgIpc) is 4.00. The normalized spacial score (nSPS) is 14.4. The first-order valence-electron chi connectivity index (χ1n) is 28.8. The van der Waals surface area contributed by atoms with Crippen LogP contribution in [0.4, 0.5) is 0 Å². The number of nitrogens with one attached hydrogen (secondary N) is 5. The van der Waals surface area contributed by atoms with Crippen LogP contribution >= 0.6 is 0 Å². The summed E-state index contributed by atoms with van der Waals surface area (Å²) in [6.07, 6.45) is 3.17. The minimum atomic E-state index is -1.37. The Balaban J connectivity index is 2.57. The van der Waals surface area contributed by atoms with Crippen molar-refractivity contribution in [2.75, 3.05) is 26.2 Å². The van der Waals surface area contributed by atoms with E-state index >= 15 is 0 Å². The maximum Gasteiger partial charge on any atom is 0.224 e. The maximum atomic E-state index is 14.8. The standard InChI is InChI=1S/C57H94N16O11/c1-7-36(24-35-14-16-41(75)17-15-35)51(81)70-43(13-10-20-68-57(63)64)48(78)28-39(25-40-29-65-31-69-40)54(84)71-42(12-9-19-67-56(61)62)47(77)26-37(11-8-18-66-55(59)60)52(82)72-44(22-33(4)5)49(79)27-38(21-32(2)3)53(83)73-45(30-74)46(76)23-34(6)50(58)80/h14-17,29,31-34,36-39,42-45,74-75H,7-13,18-28,30H2,1-6H3,(H2,58,80)(H,65,69)(H,70,81)(H,71,84)(H,72,82)(H,73,83)(H4,59,60,66)(H4,61,62,67)(H4,63,64,68)/t34-,36+,37-,38-,39-,42+,43+,44+,45+/m1/s1. The number of H-pyrrole nitrogens is 1. The summed E-state index contributed by atoms with van der Waals surface area (Å²) in [5.74, 6) is -10.8. The van der Waals surface area contributed by atoms with Crippen molar-refractivity contribution < 1.29 is 53.4 Å². The highest BCUT2D eigenvalue weighted by molar-refractivity contribution is 5.98. The number of guanidine groups is 3. The topological polar surface area (TPSA) is 490 Å². The lowest BCUT2D eigenvalue weighted by Crippen LogP contribution is -2.49. The van der Waals surface area contributed by atoms with Crippen molar-refractivity contribution in [3.05, 3.63) is 48.0 Å². The van der Waals surface area contributed by atoms with E-state index in [9.17, 15) is 53.4 Å². The summed E-state index contributed by atoms with van der Waals surface area (Å²) in [7, 11) is 0. The zero-order valence-electron chi connectivity index (χ0n) is 49.6. The Kier molecular flexibility index (Phi) is 32.6. The molecule has 21 N–H and O–H groups in total. The summed E-state index contributed by atoms with van der Waals surface area (Å²) in [5, 5.41) is 31.0. The molecule has 0 bridgehead atoms. The molecule has 468 valence electrons. The van der Waals surface area contributed by atoms with Crippen molar-refractivity contribution in [1.82, 2.24) is 31.2 Å². The van der Waals surface area contributed by atoms with Gasteiger partial charge in [-0.2, -0.15) is 0 Å². The third kappa shape index (κ3) is 28.3. The van der Waals surface area contributed by atoms with Gasteiger partial charge in [-0.1, -0.05) is 53.7 Å². The maximum absolute atomic E-state index is 14.8. The second-order valence-electron chi connectivity index (χ2n) is 22.4. The number of primary amides is 1. The number of nitrogens with two attached hydrogens (primary N) is 7. The number of carbonyl (C=O) groups is 9. The molecule has 1 aromatic carbocycles. The number of rotatable bonds is 43. The molecule has 0 radical (unpaired) electrons. The van der Waals surface area contributed by atoms with Crippen LogP contribution in [0, 0.1) is 41.4 Å². The predicted molar refractivity (Wildman–Crippen MR) is 319 cm³/mol. The van der Waals surface area contributed by atoms with Gasteiger partial charge in [0, 0.05) is 87.3 Å². The molecule has 1 aromatic heterocycles. The van der Waals surface area contributed by atoms with Crippen molar-refractivity contribution >= 4 is 70.5 Å². The monoisotopic (exact) mass is 1180 g/mol. The van der Waals surface area contributed by atoms with E-state index in [4.69, 9.17) is 40.1 Å². The smallest absolute Gasteiger partial charge is 0.224 e. The zero-order valence-corrected chi connectivity index (χ0v) is 49.6. The Morgan fingerprint density at radius 2 is 0.964 bits per heavy atom. The molecule has 27 nitrogen and oxygen atoms in total. The van der Waals surface area contributed by atoms with Crippen LogP contribution in [0.1, 0.15) is 136 Å². The quantitative estimate of drug-likeness (QED) is 0.0235. The van der Waals surface area contributed by atoms with Gasteiger partial charge in [-0.25, -0.2) is 4.98 Å². The molecule has 0 unspecified atom stereocenters. The summed E-state index contributed by atoms with van der Waals surface area (Å²) in [5.41, 5.74) is 40.2. The minimum Gasteiger partial charge on any atom is -0.508 e. The highest BCUT2D eigenvalue weighted by Crippen LogP contribution is 2.24. The SMILES string of the molecule is CC[C@@H](Cc1ccc(O)cc1)C(=O)N[C@@H](CCCN=C(N)N)C(=O)C[C@@H](Cc1cnc[nH]1)C(=O)N[C@@H](CCCN=C(N)N)C(=O)C[C@@H](CCCN=C(N)N)C(=O)N[C@@H](CC(C)C)C(=O)C[C@@H](CC(C)C)C(=O)N[C@@H](CO)C(=O)C[C@@H](C)C(N)=O. The lowest BCUT2D eigenvalue weighted by atomic mass is 9.86. The van der Waals surface area contributed by atoms with Crippen molar-refractivity contribution in [2.45, 2.75) is 162 Å². The molecule has 2 rings (SSSR count). The Bertz CT molecular complexity index is 2530. The van der Waals surface area contributed by atoms with Crippen molar-refractivity contribution in [3.63, 3.8) is 0 Å². The third-order valence-corrected chi connectivity index (χ3v) is 14.1. The molecule has 9 atom stereocenters. The first-order valence-corrected chi connectivity index (χ1v) is 28.8. The van der Waals surface area contributed by atoms with E-state index in [1.54, 1.807) is 12.1 Å². The molecular formula is C57H94N16O11. The number of imidazole rings is 1. The number of nitrogens with zero attached hydrogens (tertiary/aromatic N) is 4.